The summed E-state index contributed by atoms with van der Waals surface area (Å²) in [4.78, 5) is 25.2. The first-order chi connectivity index (χ1) is 9.77. The summed E-state index contributed by atoms with van der Waals surface area (Å²) in [5.41, 5.74) is 3.56. The molecule has 2 aromatic rings. The highest BCUT2D eigenvalue weighted by molar-refractivity contribution is 6.29. The van der Waals surface area contributed by atoms with Crippen LogP contribution >= 0.6 is 0 Å². The second-order valence-electron chi connectivity index (χ2n) is 4.89. The highest BCUT2D eigenvalue weighted by atomic mass is 16.5. The van der Waals surface area contributed by atoms with Crippen molar-refractivity contribution in [1.82, 2.24) is 0 Å². The van der Waals surface area contributed by atoms with E-state index in [9.17, 15) is 9.59 Å². The quantitative estimate of drug-likeness (QED) is 0.678. The van der Waals surface area contributed by atoms with Crippen molar-refractivity contribution in [2.75, 3.05) is 12.0 Å². The lowest BCUT2D eigenvalue weighted by Gasteiger charge is -2.25. The Labute approximate surface area is 115 Å². The monoisotopic (exact) mass is 265 g/mol. The Balaban J connectivity index is 2.02. The van der Waals surface area contributed by atoms with Gasteiger partial charge in [-0.3, -0.25) is 9.59 Å². The Morgan fingerprint density at radius 3 is 2.45 bits per heavy atom. The van der Waals surface area contributed by atoms with E-state index in [1.165, 1.54) is 0 Å². The summed E-state index contributed by atoms with van der Waals surface area (Å²) >= 11 is 0. The number of rotatable bonds is 0. The molecule has 0 radical (unpaired) electrons. The van der Waals surface area contributed by atoms with Gasteiger partial charge in [-0.05, 0) is 12.1 Å². The van der Waals surface area contributed by atoms with Crippen molar-refractivity contribution in [1.29, 1.82) is 0 Å². The third-order valence-corrected chi connectivity index (χ3v) is 3.81. The smallest absolute Gasteiger partial charge is 0.194 e. The van der Waals surface area contributed by atoms with Gasteiger partial charge < -0.3 is 10.1 Å². The van der Waals surface area contributed by atoms with Crippen LogP contribution in [-0.2, 0) is 11.3 Å². The van der Waals surface area contributed by atoms with E-state index >= 15 is 0 Å². The number of fused-ring (bicyclic) bond motifs is 4. The second kappa shape index (κ2) is 4.02. The molecule has 0 saturated heterocycles. The normalized spacial score (nSPS) is 16.0. The molecule has 4 rings (SSSR count). The van der Waals surface area contributed by atoms with Crippen molar-refractivity contribution in [3.8, 4) is 0 Å². The highest BCUT2D eigenvalue weighted by Gasteiger charge is 2.32. The van der Waals surface area contributed by atoms with Gasteiger partial charge in [0, 0.05) is 33.5 Å². The molecule has 0 bridgehead atoms. The average molecular weight is 265 g/mol. The van der Waals surface area contributed by atoms with Crippen molar-refractivity contribution < 1.29 is 14.3 Å². The molecule has 1 aliphatic carbocycles. The zero-order chi connectivity index (χ0) is 13.7. The van der Waals surface area contributed by atoms with E-state index in [0.29, 0.717) is 35.6 Å². The van der Waals surface area contributed by atoms with E-state index in [4.69, 9.17) is 4.74 Å². The fourth-order valence-electron chi connectivity index (χ4n) is 2.85. The van der Waals surface area contributed by atoms with Crippen molar-refractivity contribution in [3.05, 3.63) is 64.2 Å². The van der Waals surface area contributed by atoms with Gasteiger partial charge in [-0.1, -0.05) is 24.3 Å². The Bertz CT molecular complexity index is 764. The van der Waals surface area contributed by atoms with Gasteiger partial charge in [-0.15, -0.1) is 0 Å². The molecule has 0 spiro atoms. The molecule has 0 aromatic heterocycles. The van der Waals surface area contributed by atoms with Gasteiger partial charge >= 0.3 is 0 Å². The van der Waals surface area contributed by atoms with Gasteiger partial charge in [0.2, 0.25) is 0 Å². The van der Waals surface area contributed by atoms with E-state index in [2.05, 4.69) is 5.32 Å². The van der Waals surface area contributed by atoms with E-state index in [1.54, 1.807) is 30.3 Å². The van der Waals surface area contributed by atoms with Crippen LogP contribution in [-0.4, -0.2) is 18.3 Å². The van der Waals surface area contributed by atoms with Gasteiger partial charge in [-0.25, -0.2) is 0 Å². The van der Waals surface area contributed by atoms with Crippen LogP contribution in [0.1, 0.15) is 37.4 Å². The molecule has 0 amide bonds. The SMILES string of the molecule is O=C1c2ccccc2C(=O)c2c1ccc1c2COCN1. The minimum atomic E-state index is -0.0978. The van der Waals surface area contributed by atoms with Crippen LogP contribution in [0.3, 0.4) is 0 Å². The molecular formula is C16H11NO3. The number of nitrogens with one attached hydrogen (secondary N) is 1. The maximum Gasteiger partial charge on any atom is 0.194 e. The molecule has 2 aliphatic rings. The number of carbonyl (C=O) groups excluding carboxylic acids is 2. The molecule has 1 N–H and O–H groups in total. The Morgan fingerprint density at radius 2 is 1.65 bits per heavy atom. The van der Waals surface area contributed by atoms with Crippen molar-refractivity contribution in [2.45, 2.75) is 6.61 Å². The molecule has 4 heteroatoms. The Kier molecular flexibility index (Phi) is 2.28. The van der Waals surface area contributed by atoms with Crippen LogP contribution in [0, 0.1) is 0 Å². The van der Waals surface area contributed by atoms with Gasteiger partial charge in [-0.2, -0.15) is 0 Å². The molecule has 98 valence electrons. The summed E-state index contributed by atoms with van der Waals surface area (Å²) in [5, 5.41) is 3.09. The molecular weight excluding hydrogens is 254 g/mol. The summed E-state index contributed by atoms with van der Waals surface area (Å²) in [6.45, 7) is 0.775. The average Bonchev–Trinajstić information content (AvgIpc) is 2.51. The van der Waals surface area contributed by atoms with Crippen LogP contribution in [0.15, 0.2) is 36.4 Å². The summed E-state index contributed by atoms with van der Waals surface area (Å²) in [5.74, 6) is -0.192. The van der Waals surface area contributed by atoms with Crippen molar-refractivity contribution >= 4 is 17.3 Å². The first kappa shape index (κ1) is 11.4. The summed E-state index contributed by atoms with van der Waals surface area (Å²) < 4.78 is 5.36. The zero-order valence-corrected chi connectivity index (χ0v) is 10.6. The molecule has 1 aliphatic heterocycles. The van der Waals surface area contributed by atoms with Gasteiger partial charge in [0.1, 0.15) is 6.73 Å². The van der Waals surface area contributed by atoms with Gasteiger partial charge in [0.05, 0.1) is 6.61 Å². The summed E-state index contributed by atoms with van der Waals surface area (Å²) in [6, 6.07) is 10.5. The first-order valence-electron chi connectivity index (χ1n) is 6.43. The maximum atomic E-state index is 12.7. The molecule has 0 saturated carbocycles. The molecule has 0 unspecified atom stereocenters. The Morgan fingerprint density at radius 1 is 0.900 bits per heavy atom. The lowest BCUT2D eigenvalue weighted by Crippen LogP contribution is -2.25. The third kappa shape index (κ3) is 1.39. The number of hydrogen-bond acceptors (Lipinski definition) is 4. The van der Waals surface area contributed by atoms with E-state index in [0.717, 1.165) is 11.3 Å². The van der Waals surface area contributed by atoms with Crippen molar-refractivity contribution in [2.24, 2.45) is 0 Å². The van der Waals surface area contributed by atoms with Gasteiger partial charge in [0.15, 0.2) is 11.6 Å². The number of benzene rings is 2. The number of carbonyl (C=O) groups is 2. The minimum absolute atomic E-state index is 0.0939. The van der Waals surface area contributed by atoms with Crippen LogP contribution in [0.25, 0.3) is 0 Å². The predicted molar refractivity (Wildman–Crippen MR) is 73.0 cm³/mol. The summed E-state index contributed by atoms with van der Waals surface area (Å²) in [7, 11) is 0. The number of ether oxygens (including phenoxy) is 1. The largest absolute Gasteiger partial charge is 0.362 e. The van der Waals surface area contributed by atoms with Gasteiger partial charge in [0.25, 0.3) is 0 Å². The minimum Gasteiger partial charge on any atom is -0.362 e. The van der Waals surface area contributed by atoms with E-state index in [1.807, 2.05) is 6.07 Å². The van der Waals surface area contributed by atoms with E-state index in [-0.39, 0.29) is 11.6 Å². The molecule has 0 atom stereocenters. The lowest BCUT2D eigenvalue weighted by molar-refractivity contribution is 0.0969. The van der Waals surface area contributed by atoms with Crippen LogP contribution in [0.2, 0.25) is 0 Å². The number of ketones is 2. The summed E-state index contributed by atoms with van der Waals surface area (Å²) in [6.07, 6.45) is 0. The predicted octanol–water partition coefficient (Wildman–Crippen LogP) is 2.36. The lowest BCUT2D eigenvalue weighted by atomic mass is 9.81. The molecule has 4 nitrogen and oxygen atoms in total. The fourth-order valence-corrected chi connectivity index (χ4v) is 2.85. The number of anilines is 1. The fraction of sp³-hybridized carbons (Fsp3) is 0.125. The number of hydrogen-bond donors (Lipinski definition) is 1. The maximum absolute atomic E-state index is 12.7. The second-order valence-corrected chi connectivity index (χ2v) is 4.89. The highest BCUT2D eigenvalue weighted by Crippen LogP contribution is 2.34. The topological polar surface area (TPSA) is 55.4 Å². The van der Waals surface area contributed by atoms with Crippen LogP contribution < -0.4 is 5.32 Å². The van der Waals surface area contributed by atoms with E-state index < -0.39 is 0 Å². The van der Waals surface area contributed by atoms with Crippen LogP contribution in [0.4, 0.5) is 5.69 Å². The molecule has 0 fully saturated rings. The molecule has 1 heterocycles. The molecule has 2 aromatic carbocycles. The Hall–Kier alpha value is -2.46. The first-order valence-corrected chi connectivity index (χ1v) is 6.43. The third-order valence-electron chi connectivity index (χ3n) is 3.81. The molecule has 20 heavy (non-hydrogen) atoms. The standard InChI is InChI=1S/C16H11NO3/c18-15-9-3-1-2-4-10(9)16(19)14-11(15)5-6-13-12(14)7-20-8-17-13/h1-6,17H,7-8H2. The van der Waals surface area contributed by atoms with Crippen molar-refractivity contribution in [3.63, 3.8) is 0 Å². The van der Waals surface area contributed by atoms with Crippen LogP contribution in [0.5, 0.6) is 0 Å². The zero-order valence-electron chi connectivity index (χ0n) is 10.6.